The maximum absolute atomic E-state index is 11.7. The predicted octanol–water partition coefficient (Wildman–Crippen LogP) is 4.35. The van der Waals surface area contributed by atoms with Crippen molar-refractivity contribution in [2.45, 2.75) is 59.4 Å². The molecule has 1 aromatic rings. The zero-order chi connectivity index (χ0) is 15.7. The number of carbonyl (C=O) groups excluding carboxylic acids is 1. The van der Waals surface area contributed by atoms with Crippen molar-refractivity contribution in [1.29, 1.82) is 0 Å². The average molecular weight is 289 g/mol. The van der Waals surface area contributed by atoms with Gasteiger partial charge >= 0.3 is 0 Å². The summed E-state index contributed by atoms with van der Waals surface area (Å²) in [5.41, 5.74) is 1.07. The summed E-state index contributed by atoms with van der Waals surface area (Å²) in [7, 11) is 0. The highest BCUT2D eigenvalue weighted by molar-refractivity contribution is 5.79. The van der Waals surface area contributed by atoms with Crippen LogP contribution in [0.15, 0.2) is 24.3 Å². The minimum absolute atomic E-state index is 0.143. The normalized spacial score (nSPS) is 28.1. The van der Waals surface area contributed by atoms with Crippen molar-refractivity contribution in [2.75, 3.05) is 4.90 Å². The van der Waals surface area contributed by atoms with Crippen LogP contribution in [-0.4, -0.2) is 17.6 Å². The highest BCUT2D eigenvalue weighted by atomic mass is 16.3. The Labute approximate surface area is 128 Å². The number of benzene rings is 1. The molecule has 2 rings (SSSR count). The molecule has 0 saturated heterocycles. The van der Waals surface area contributed by atoms with Crippen LogP contribution in [0.4, 0.5) is 5.69 Å². The van der Waals surface area contributed by atoms with Crippen LogP contribution < -0.4 is 4.90 Å². The van der Waals surface area contributed by atoms with Crippen LogP contribution in [-0.2, 0) is 4.79 Å². The molecule has 1 N–H and O–H groups in total. The first-order valence-corrected chi connectivity index (χ1v) is 7.82. The van der Waals surface area contributed by atoms with E-state index in [-0.39, 0.29) is 22.6 Å². The lowest BCUT2D eigenvalue weighted by atomic mass is 9.61. The molecule has 0 aromatic heterocycles. The average Bonchev–Trinajstić information content (AvgIpc) is 2.40. The number of anilines is 1. The van der Waals surface area contributed by atoms with Gasteiger partial charge in [0.1, 0.15) is 5.75 Å². The molecule has 2 unspecified atom stereocenters. The molecule has 0 aliphatic heterocycles. The van der Waals surface area contributed by atoms with Gasteiger partial charge in [-0.1, -0.05) is 46.2 Å². The van der Waals surface area contributed by atoms with Crippen LogP contribution in [0.2, 0.25) is 0 Å². The van der Waals surface area contributed by atoms with Gasteiger partial charge in [0.05, 0.1) is 5.69 Å². The molecular formula is C18H27NO2. The molecule has 1 amide bonds. The van der Waals surface area contributed by atoms with Gasteiger partial charge in [0, 0.05) is 6.04 Å². The fourth-order valence-electron chi connectivity index (χ4n) is 4.07. The summed E-state index contributed by atoms with van der Waals surface area (Å²) in [6.45, 7) is 9.10. The van der Waals surface area contributed by atoms with Crippen molar-refractivity contribution in [3.05, 3.63) is 24.3 Å². The van der Waals surface area contributed by atoms with E-state index in [9.17, 15) is 9.90 Å². The number of hydrogen-bond donors (Lipinski definition) is 1. The first-order chi connectivity index (χ1) is 9.80. The smallest absolute Gasteiger partial charge is 0.214 e. The maximum Gasteiger partial charge on any atom is 0.214 e. The number of phenols is 1. The second-order valence-corrected chi connectivity index (χ2v) is 7.57. The van der Waals surface area contributed by atoms with Gasteiger partial charge in [-0.15, -0.1) is 0 Å². The van der Waals surface area contributed by atoms with Gasteiger partial charge in [-0.25, -0.2) is 0 Å². The molecule has 1 saturated carbocycles. The number of aromatic hydroxyl groups is 1. The molecular weight excluding hydrogens is 262 g/mol. The van der Waals surface area contributed by atoms with Gasteiger partial charge < -0.3 is 10.0 Å². The molecule has 1 aliphatic rings. The molecule has 21 heavy (non-hydrogen) atoms. The largest absolute Gasteiger partial charge is 0.506 e. The molecule has 0 heterocycles. The van der Waals surface area contributed by atoms with Crippen molar-refractivity contribution in [1.82, 2.24) is 0 Å². The number of rotatable bonds is 4. The van der Waals surface area contributed by atoms with E-state index >= 15 is 0 Å². The van der Waals surface area contributed by atoms with Crippen LogP contribution in [0, 0.1) is 10.8 Å². The van der Waals surface area contributed by atoms with Gasteiger partial charge in [-0.3, -0.25) is 4.79 Å². The lowest BCUT2D eigenvalue weighted by Gasteiger charge is -2.49. The van der Waals surface area contributed by atoms with E-state index in [2.05, 4.69) is 27.7 Å². The minimum Gasteiger partial charge on any atom is -0.506 e. The van der Waals surface area contributed by atoms with Crippen LogP contribution in [0.3, 0.4) is 0 Å². The summed E-state index contributed by atoms with van der Waals surface area (Å²) in [4.78, 5) is 13.4. The zero-order valence-corrected chi connectivity index (χ0v) is 13.6. The third-order valence-electron chi connectivity index (χ3n) is 4.94. The number of nitrogens with zero attached hydrogens (tertiary/aromatic N) is 1. The Morgan fingerprint density at radius 2 is 1.95 bits per heavy atom. The van der Waals surface area contributed by atoms with Crippen molar-refractivity contribution >= 4 is 12.1 Å². The number of para-hydroxylation sites is 2. The predicted molar refractivity (Wildman–Crippen MR) is 86.5 cm³/mol. The molecule has 1 aromatic carbocycles. The number of amides is 1. The van der Waals surface area contributed by atoms with E-state index < -0.39 is 0 Å². The first-order valence-electron chi connectivity index (χ1n) is 7.82. The second kappa shape index (κ2) is 5.70. The molecule has 1 aliphatic carbocycles. The quantitative estimate of drug-likeness (QED) is 0.837. The van der Waals surface area contributed by atoms with E-state index in [1.165, 1.54) is 6.42 Å². The number of hydrogen-bond acceptors (Lipinski definition) is 2. The van der Waals surface area contributed by atoms with Gasteiger partial charge in [0.25, 0.3) is 0 Å². The van der Waals surface area contributed by atoms with Crippen LogP contribution >= 0.6 is 0 Å². The van der Waals surface area contributed by atoms with E-state index in [1.807, 2.05) is 12.1 Å². The summed E-state index contributed by atoms with van der Waals surface area (Å²) in [6.07, 6.45) is 5.12. The number of phenolic OH excluding ortho intramolecular Hbond substituents is 1. The fraction of sp³-hybridized carbons (Fsp3) is 0.611. The standard InChI is InChI=1S/C18H27NO2/c1-5-18(4)11-14(10-17(2,3)12-18)19(13-20)15-8-6-7-9-16(15)21/h6-9,13-14,21H,5,10-12H2,1-4H3. The highest BCUT2D eigenvalue weighted by Crippen LogP contribution is 2.49. The molecule has 3 heteroatoms. The van der Waals surface area contributed by atoms with Crippen LogP contribution in [0.1, 0.15) is 53.4 Å². The monoisotopic (exact) mass is 289 g/mol. The summed E-state index contributed by atoms with van der Waals surface area (Å²) in [6, 6.07) is 7.24. The number of carbonyl (C=O) groups is 1. The van der Waals surface area contributed by atoms with Gasteiger partial charge in [0.2, 0.25) is 6.41 Å². The Bertz CT molecular complexity index is 512. The SMILES string of the molecule is CCC1(C)CC(N(C=O)c2ccccc2O)CC(C)(C)C1. The second-order valence-electron chi connectivity index (χ2n) is 7.57. The van der Waals surface area contributed by atoms with Gasteiger partial charge in [-0.05, 0) is 42.2 Å². The minimum atomic E-state index is 0.143. The van der Waals surface area contributed by atoms with Crippen molar-refractivity contribution in [2.24, 2.45) is 10.8 Å². The van der Waals surface area contributed by atoms with Crippen molar-refractivity contribution < 1.29 is 9.90 Å². The molecule has 0 radical (unpaired) electrons. The summed E-state index contributed by atoms with van der Waals surface area (Å²) < 4.78 is 0. The summed E-state index contributed by atoms with van der Waals surface area (Å²) in [5, 5.41) is 10.1. The van der Waals surface area contributed by atoms with Gasteiger partial charge in [-0.2, -0.15) is 0 Å². The molecule has 1 fully saturated rings. The van der Waals surface area contributed by atoms with E-state index in [1.54, 1.807) is 17.0 Å². The van der Waals surface area contributed by atoms with E-state index in [0.29, 0.717) is 5.69 Å². The first kappa shape index (κ1) is 15.9. The fourth-order valence-corrected chi connectivity index (χ4v) is 4.07. The Balaban J connectivity index is 2.33. The van der Waals surface area contributed by atoms with Gasteiger partial charge in [0.15, 0.2) is 0 Å². The zero-order valence-electron chi connectivity index (χ0n) is 13.6. The maximum atomic E-state index is 11.7. The summed E-state index contributed by atoms with van der Waals surface area (Å²) in [5.74, 6) is 0.172. The molecule has 2 atom stereocenters. The lowest BCUT2D eigenvalue weighted by molar-refractivity contribution is -0.108. The molecule has 0 spiro atoms. The molecule has 116 valence electrons. The third kappa shape index (κ3) is 3.39. The molecule has 0 bridgehead atoms. The summed E-state index contributed by atoms with van der Waals surface area (Å²) >= 11 is 0. The topological polar surface area (TPSA) is 40.5 Å². The third-order valence-corrected chi connectivity index (χ3v) is 4.94. The highest BCUT2D eigenvalue weighted by Gasteiger charge is 2.42. The Morgan fingerprint density at radius 3 is 2.52 bits per heavy atom. The van der Waals surface area contributed by atoms with Crippen molar-refractivity contribution in [3.63, 3.8) is 0 Å². The Hall–Kier alpha value is -1.51. The molecule has 3 nitrogen and oxygen atoms in total. The van der Waals surface area contributed by atoms with Crippen LogP contribution in [0.5, 0.6) is 5.75 Å². The van der Waals surface area contributed by atoms with Crippen LogP contribution in [0.25, 0.3) is 0 Å². The lowest BCUT2D eigenvalue weighted by Crippen LogP contribution is -2.46. The van der Waals surface area contributed by atoms with Crippen molar-refractivity contribution in [3.8, 4) is 5.75 Å². The van der Waals surface area contributed by atoms with E-state index in [0.717, 1.165) is 25.7 Å². The Morgan fingerprint density at radius 1 is 1.29 bits per heavy atom. The van der Waals surface area contributed by atoms with E-state index in [4.69, 9.17) is 0 Å². The Kier molecular flexibility index (Phi) is 4.31.